The zero-order valence-electron chi connectivity index (χ0n) is 14.8. The van der Waals surface area contributed by atoms with Gasteiger partial charge in [0.25, 0.3) is 0 Å². The van der Waals surface area contributed by atoms with Gasteiger partial charge in [-0.3, -0.25) is 4.79 Å². The first-order chi connectivity index (χ1) is 13.7. The molecule has 0 aliphatic rings. The highest BCUT2D eigenvalue weighted by atomic mass is 35.5. The summed E-state index contributed by atoms with van der Waals surface area (Å²) in [5.74, 6) is -0.114. The summed E-state index contributed by atoms with van der Waals surface area (Å²) >= 11 is 8.94. The lowest BCUT2D eigenvalue weighted by atomic mass is 10.1. The van der Waals surface area contributed by atoms with Crippen molar-refractivity contribution in [3.05, 3.63) is 87.3 Å². The van der Waals surface area contributed by atoms with E-state index in [-0.39, 0.29) is 12.3 Å². The molecule has 4 rings (SSSR count). The Morgan fingerprint density at radius 3 is 2.64 bits per heavy atom. The summed E-state index contributed by atoms with van der Waals surface area (Å²) in [7, 11) is 0. The number of nitrogens with zero attached hydrogens (tertiary/aromatic N) is 2. The molecule has 0 aliphatic carbocycles. The summed E-state index contributed by atoms with van der Waals surface area (Å²) in [5, 5.41) is 7.04. The van der Waals surface area contributed by atoms with Gasteiger partial charge < -0.3 is 5.32 Å². The zero-order chi connectivity index (χ0) is 19.3. The van der Waals surface area contributed by atoms with E-state index in [0.717, 1.165) is 38.1 Å². The first kappa shape index (κ1) is 18.8. The van der Waals surface area contributed by atoms with Crippen molar-refractivity contribution < 1.29 is 4.79 Å². The van der Waals surface area contributed by atoms with Crippen LogP contribution in [0.4, 0.5) is 5.13 Å². The molecule has 28 heavy (non-hydrogen) atoms. The predicted octanol–water partition coefficient (Wildman–Crippen LogP) is 5.69. The van der Waals surface area contributed by atoms with Crippen molar-refractivity contribution in [2.24, 2.45) is 0 Å². The first-order valence-electron chi connectivity index (χ1n) is 8.64. The fraction of sp³-hybridized carbons (Fsp3) is 0.0952. The van der Waals surface area contributed by atoms with Gasteiger partial charge in [-0.05, 0) is 17.7 Å². The van der Waals surface area contributed by atoms with Crippen LogP contribution in [-0.2, 0) is 17.6 Å². The minimum Gasteiger partial charge on any atom is -0.302 e. The fourth-order valence-corrected chi connectivity index (χ4v) is 4.49. The van der Waals surface area contributed by atoms with Crippen LogP contribution in [0.2, 0.25) is 5.02 Å². The number of carbonyl (C=O) groups is 1. The molecule has 0 saturated heterocycles. The van der Waals surface area contributed by atoms with Crippen molar-refractivity contribution in [1.82, 2.24) is 9.97 Å². The number of anilines is 1. The third-order valence-electron chi connectivity index (χ3n) is 4.01. The maximum absolute atomic E-state index is 12.3. The van der Waals surface area contributed by atoms with Gasteiger partial charge in [0.05, 0.1) is 12.1 Å². The Hall–Kier alpha value is -2.54. The average Bonchev–Trinajstić information content (AvgIpc) is 3.34. The van der Waals surface area contributed by atoms with Crippen molar-refractivity contribution in [1.29, 1.82) is 0 Å². The number of thiazole rings is 2. The Kier molecular flexibility index (Phi) is 5.81. The molecule has 0 fully saturated rings. The number of hydrogen-bond acceptors (Lipinski definition) is 5. The maximum Gasteiger partial charge on any atom is 0.232 e. The van der Waals surface area contributed by atoms with Crippen LogP contribution in [0.3, 0.4) is 0 Å². The summed E-state index contributed by atoms with van der Waals surface area (Å²) in [5.41, 5.74) is 2.98. The molecule has 1 amide bonds. The Morgan fingerprint density at radius 1 is 1.07 bits per heavy atom. The van der Waals surface area contributed by atoms with Crippen LogP contribution < -0.4 is 5.32 Å². The van der Waals surface area contributed by atoms with Crippen molar-refractivity contribution in [3.8, 4) is 10.6 Å². The molecule has 0 saturated carbocycles. The van der Waals surface area contributed by atoms with Crippen LogP contribution in [0, 0.1) is 0 Å². The van der Waals surface area contributed by atoms with Crippen LogP contribution in [0.15, 0.2) is 66.2 Å². The van der Waals surface area contributed by atoms with E-state index in [1.54, 1.807) is 17.5 Å². The predicted molar refractivity (Wildman–Crippen MR) is 116 cm³/mol. The second-order valence-electron chi connectivity index (χ2n) is 6.17. The van der Waals surface area contributed by atoms with Crippen LogP contribution in [0.5, 0.6) is 0 Å². The van der Waals surface area contributed by atoms with E-state index in [1.165, 1.54) is 11.3 Å². The second kappa shape index (κ2) is 8.65. The van der Waals surface area contributed by atoms with Crippen molar-refractivity contribution in [2.75, 3.05) is 5.32 Å². The Bertz CT molecular complexity index is 1070. The summed E-state index contributed by atoms with van der Waals surface area (Å²) in [4.78, 5) is 22.3. The molecule has 2 aromatic heterocycles. The van der Waals surface area contributed by atoms with Crippen LogP contribution in [0.1, 0.15) is 16.1 Å². The average molecular weight is 426 g/mol. The molecule has 2 aromatic carbocycles. The summed E-state index contributed by atoms with van der Waals surface area (Å²) in [6.45, 7) is 0. The number of hydrogen-bond donors (Lipinski definition) is 1. The van der Waals surface area contributed by atoms with Gasteiger partial charge in [0.15, 0.2) is 5.13 Å². The second-order valence-corrected chi connectivity index (χ2v) is 8.58. The molecule has 0 radical (unpaired) electrons. The molecule has 0 atom stereocenters. The molecule has 2 heterocycles. The van der Waals surface area contributed by atoms with E-state index in [1.807, 2.05) is 60.0 Å². The minimum atomic E-state index is -0.114. The summed E-state index contributed by atoms with van der Waals surface area (Å²) in [6, 6.07) is 17.7. The molecular weight excluding hydrogens is 410 g/mol. The number of rotatable bonds is 6. The van der Waals surface area contributed by atoms with Gasteiger partial charge in [-0.25, -0.2) is 9.97 Å². The Morgan fingerprint density at radius 2 is 1.86 bits per heavy atom. The minimum absolute atomic E-state index is 0.114. The summed E-state index contributed by atoms with van der Waals surface area (Å²) in [6.07, 6.45) is 2.79. The third-order valence-corrected chi connectivity index (χ3v) is 6.11. The van der Waals surface area contributed by atoms with Gasteiger partial charge in [-0.15, -0.1) is 22.7 Å². The normalized spacial score (nSPS) is 10.8. The SMILES string of the molecule is O=C(Cc1csc(-c2ccccc2)n1)Nc1ncc(Cc2ccc(Cl)cc2)s1. The van der Waals surface area contributed by atoms with Gasteiger partial charge in [0, 0.05) is 33.5 Å². The van der Waals surface area contributed by atoms with Gasteiger partial charge >= 0.3 is 0 Å². The number of carbonyl (C=O) groups excluding carboxylic acids is 1. The van der Waals surface area contributed by atoms with Gasteiger partial charge in [0.2, 0.25) is 5.91 Å². The highest BCUT2D eigenvalue weighted by Crippen LogP contribution is 2.25. The van der Waals surface area contributed by atoms with E-state index >= 15 is 0 Å². The van der Waals surface area contributed by atoms with Gasteiger partial charge in [-0.2, -0.15) is 0 Å². The number of benzene rings is 2. The number of nitrogens with one attached hydrogen (secondary N) is 1. The highest BCUT2D eigenvalue weighted by Gasteiger charge is 2.11. The largest absolute Gasteiger partial charge is 0.302 e. The zero-order valence-corrected chi connectivity index (χ0v) is 17.2. The van der Waals surface area contributed by atoms with Crippen LogP contribution in [-0.4, -0.2) is 15.9 Å². The molecule has 0 unspecified atom stereocenters. The van der Waals surface area contributed by atoms with E-state index in [0.29, 0.717) is 5.13 Å². The van der Waals surface area contributed by atoms with E-state index in [2.05, 4.69) is 15.3 Å². The highest BCUT2D eigenvalue weighted by molar-refractivity contribution is 7.15. The quantitative estimate of drug-likeness (QED) is 0.431. The third kappa shape index (κ3) is 4.84. The molecule has 0 spiro atoms. The molecule has 0 bridgehead atoms. The lowest BCUT2D eigenvalue weighted by molar-refractivity contribution is -0.115. The fourth-order valence-electron chi connectivity index (χ4n) is 2.68. The first-order valence-corrected chi connectivity index (χ1v) is 10.7. The molecule has 1 N–H and O–H groups in total. The summed E-state index contributed by atoms with van der Waals surface area (Å²) < 4.78 is 0. The number of aromatic nitrogens is 2. The molecular formula is C21H16ClN3OS2. The molecule has 4 aromatic rings. The number of halogens is 1. The lowest BCUT2D eigenvalue weighted by Crippen LogP contribution is -2.14. The van der Waals surface area contributed by atoms with Crippen molar-refractivity contribution in [2.45, 2.75) is 12.8 Å². The standard InChI is InChI=1S/C21H16ClN3OS2/c22-16-8-6-14(7-9-16)10-18-12-23-21(28-18)25-19(26)11-17-13-27-20(24-17)15-4-2-1-3-5-15/h1-9,12-13H,10-11H2,(H,23,25,26). The molecule has 140 valence electrons. The smallest absolute Gasteiger partial charge is 0.232 e. The Labute approximate surface area is 175 Å². The van der Waals surface area contributed by atoms with Crippen LogP contribution >= 0.6 is 34.3 Å². The maximum atomic E-state index is 12.3. The molecule has 4 nitrogen and oxygen atoms in total. The monoisotopic (exact) mass is 425 g/mol. The lowest BCUT2D eigenvalue weighted by Gasteiger charge is -2.00. The molecule has 0 aliphatic heterocycles. The van der Waals surface area contributed by atoms with Crippen LogP contribution in [0.25, 0.3) is 10.6 Å². The van der Waals surface area contributed by atoms with E-state index < -0.39 is 0 Å². The Balaban J connectivity index is 1.35. The van der Waals surface area contributed by atoms with Gasteiger partial charge in [0.1, 0.15) is 5.01 Å². The van der Waals surface area contributed by atoms with Gasteiger partial charge in [-0.1, -0.05) is 54.1 Å². The number of amides is 1. The van der Waals surface area contributed by atoms with E-state index in [9.17, 15) is 4.79 Å². The van der Waals surface area contributed by atoms with E-state index in [4.69, 9.17) is 11.6 Å². The van der Waals surface area contributed by atoms with Crippen molar-refractivity contribution >= 4 is 45.3 Å². The topological polar surface area (TPSA) is 54.9 Å². The van der Waals surface area contributed by atoms with Crippen molar-refractivity contribution in [3.63, 3.8) is 0 Å². The molecule has 7 heteroatoms.